The van der Waals surface area contributed by atoms with Crippen molar-refractivity contribution in [1.29, 1.82) is 0 Å². The Bertz CT molecular complexity index is 396. The Hall–Kier alpha value is -1.22. The van der Waals surface area contributed by atoms with Crippen LogP contribution in [0.15, 0.2) is 12.1 Å². The third kappa shape index (κ3) is 2.96. The van der Waals surface area contributed by atoms with E-state index < -0.39 is 0 Å². The van der Waals surface area contributed by atoms with Gasteiger partial charge in [-0.25, -0.2) is 0 Å². The highest BCUT2D eigenvalue weighted by Gasteiger charge is 2.14. The van der Waals surface area contributed by atoms with Gasteiger partial charge >= 0.3 is 0 Å². The van der Waals surface area contributed by atoms with Crippen LogP contribution in [0.25, 0.3) is 0 Å². The Kier molecular flexibility index (Phi) is 4.48. The first kappa shape index (κ1) is 13.2. The zero-order valence-electron chi connectivity index (χ0n) is 11.6. The van der Waals surface area contributed by atoms with Gasteiger partial charge in [-0.3, -0.25) is 0 Å². The van der Waals surface area contributed by atoms with Crippen molar-refractivity contribution in [2.45, 2.75) is 39.2 Å². The van der Waals surface area contributed by atoms with E-state index in [4.69, 9.17) is 9.47 Å². The first-order chi connectivity index (χ1) is 8.72. The minimum Gasteiger partial charge on any atom is -0.496 e. The second-order valence-corrected chi connectivity index (χ2v) is 4.97. The molecule has 0 aromatic heterocycles. The summed E-state index contributed by atoms with van der Waals surface area (Å²) < 4.78 is 11.0. The van der Waals surface area contributed by atoms with Crippen LogP contribution < -0.4 is 10.1 Å². The fourth-order valence-corrected chi connectivity index (χ4v) is 2.57. The molecule has 0 bridgehead atoms. The molecule has 0 spiro atoms. The number of rotatable bonds is 3. The molecule has 3 heteroatoms. The van der Waals surface area contributed by atoms with E-state index in [1.165, 1.54) is 23.2 Å². The zero-order chi connectivity index (χ0) is 13.0. The summed E-state index contributed by atoms with van der Waals surface area (Å²) in [4.78, 5) is 0. The van der Waals surface area contributed by atoms with Crippen LogP contribution in [-0.2, 0) is 4.74 Å². The van der Waals surface area contributed by atoms with E-state index in [0.29, 0.717) is 6.04 Å². The first-order valence-corrected chi connectivity index (χ1v) is 6.71. The molecule has 0 radical (unpaired) electrons. The molecule has 3 nitrogen and oxygen atoms in total. The predicted octanol–water partition coefficient (Wildman–Crippen LogP) is 3.29. The van der Waals surface area contributed by atoms with Crippen LogP contribution in [0, 0.1) is 13.8 Å². The highest BCUT2D eigenvalue weighted by atomic mass is 16.5. The lowest BCUT2D eigenvalue weighted by Crippen LogP contribution is -2.20. The van der Waals surface area contributed by atoms with Gasteiger partial charge in [0.15, 0.2) is 0 Å². The molecule has 1 aromatic carbocycles. The van der Waals surface area contributed by atoms with Crippen LogP contribution in [-0.4, -0.2) is 26.4 Å². The van der Waals surface area contributed by atoms with Gasteiger partial charge in [0.25, 0.3) is 0 Å². The molecule has 2 rings (SSSR count). The Labute approximate surface area is 109 Å². The molecule has 1 aliphatic rings. The van der Waals surface area contributed by atoms with E-state index in [-0.39, 0.29) is 0 Å². The van der Waals surface area contributed by atoms with Gasteiger partial charge in [0.05, 0.1) is 7.11 Å². The lowest BCUT2D eigenvalue weighted by Gasteiger charge is -2.20. The summed E-state index contributed by atoms with van der Waals surface area (Å²) in [6.45, 7) is 5.95. The summed E-state index contributed by atoms with van der Waals surface area (Å²) >= 11 is 0. The van der Waals surface area contributed by atoms with Gasteiger partial charge < -0.3 is 14.8 Å². The molecule has 0 amide bonds. The van der Waals surface area contributed by atoms with Crippen molar-refractivity contribution in [3.63, 3.8) is 0 Å². The maximum atomic E-state index is 5.49. The minimum atomic E-state index is 0.513. The maximum Gasteiger partial charge on any atom is 0.126 e. The summed E-state index contributed by atoms with van der Waals surface area (Å²) in [6.07, 6.45) is 3.39. The van der Waals surface area contributed by atoms with Crippen molar-refractivity contribution in [1.82, 2.24) is 0 Å². The SMILES string of the molecule is COc1c(C)ccc(NC2CCCOCC2)c1C. The molecular weight excluding hydrogens is 226 g/mol. The number of benzene rings is 1. The molecule has 1 aromatic rings. The summed E-state index contributed by atoms with van der Waals surface area (Å²) in [5, 5.41) is 3.63. The molecule has 1 unspecified atom stereocenters. The predicted molar refractivity (Wildman–Crippen MR) is 74.5 cm³/mol. The van der Waals surface area contributed by atoms with Crippen molar-refractivity contribution in [3.05, 3.63) is 23.3 Å². The Balaban J connectivity index is 2.13. The second-order valence-electron chi connectivity index (χ2n) is 4.97. The Morgan fingerprint density at radius 1 is 1.22 bits per heavy atom. The van der Waals surface area contributed by atoms with E-state index >= 15 is 0 Å². The molecule has 1 atom stereocenters. The van der Waals surface area contributed by atoms with Crippen molar-refractivity contribution in [3.8, 4) is 5.75 Å². The second kappa shape index (κ2) is 6.10. The molecule has 1 aliphatic heterocycles. The summed E-state index contributed by atoms with van der Waals surface area (Å²) in [5.41, 5.74) is 3.57. The van der Waals surface area contributed by atoms with E-state index in [0.717, 1.165) is 31.8 Å². The molecule has 1 heterocycles. The average molecular weight is 249 g/mol. The lowest BCUT2D eigenvalue weighted by atomic mass is 10.1. The normalized spacial score (nSPS) is 20.3. The van der Waals surface area contributed by atoms with Gasteiger partial charge in [-0.1, -0.05) is 6.07 Å². The smallest absolute Gasteiger partial charge is 0.126 e. The highest BCUT2D eigenvalue weighted by Crippen LogP contribution is 2.30. The Morgan fingerprint density at radius 2 is 2.06 bits per heavy atom. The molecule has 18 heavy (non-hydrogen) atoms. The van der Waals surface area contributed by atoms with Crippen LogP contribution in [0.5, 0.6) is 5.75 Å². The largest absolute Gasteiger partial charge is 0.496 e. The van der Waals surface area contributed by atoms with Crippen molar-refractivity contribution in [2.24, 2.45) is 0 Å². The van der Waals surface area contributed by atoms with Gasteiger partial charge in [-0.05, 0) is 44.7 Å². The van der Waals surface area contributed by atoms with Crippen LogP contribution in [0.4, 0.5) is 5.69 Å². The van der Waals surface area contributed by atoms with Gasteiger partial charge in [-0.2, -0.15) is 0 Å². The number of nitrogens with one attached hydrogen (secondary N) is 1. The quantitative estimate of drug-likeness (QED) is 0.891. The molecular formula is C15H23NO2. The van der Waals surface area contributed by atoms with Crippen LogP contribution >= 0.6 is 0 Å². The molecule has 100 valence electrons. The maximum absolute atomic E-state index is 5.49. The van der Waals surface area contributed by atoms with E-state index in [1.54, 1.807) is 7.11 Å². The summed E-state index contributed by atoms with van der Waals surface area (Å²) in [6, 6.07) is 4.78. The van der Waals surface area contributed by atoms with Crippen molar-refractivity contribution < 1.29 is 9.47 Å². The number of hydrogen-bond donors (Lipinski definition) is 1. The average Bonchev–Trinajstić information content (AvgIpc) is 2.62. The van der Waals surface area contributed by atoms with E-state index in [2.05, 4.69) is 31.3 Å². The lowest BCUT2D eigenvalue weighted by molar-refractivity contribution is 0.144. The van der Waals surface area contributed by atoms with Crippen molar-refractivity contribution in [2.75, 3.05) is 25.6 Å². The fourth-order valence-electron chi connectivity index (χ4n) is 2.57. The molecule has 0 saturated carbocycles. The topological polar surface area (TPSA) is 30.5 Å². The molecule has 1 fully saturated rings. The zero-order valence-corrected chi connectivity index (χ0v) is 11.6. The number of methoxy groups -OCH3 is 1. The highest BCUT2D eigenvalue weighted by molar-refractivity contribution is 5.60. The fraction of sp³-hybridized carbons (Fsp3) is 0.600. The van der Waals surface area contributed by atoms with Gasteiger partial charge in [0.1, 0.15) is 5.75 Å². The molecule has 1 saturated heterocycles. The first-order valence-electron chi connectivity index (χ1n) is 6.71. The van der Waals surface area contributed by atoms with Crippen LogP contribution in [0.2, 0.25) is 0 Å². The molecule has 1 N–H and O–H groups in total. The minimum absolute atomic E-state index is 0.513. The van der Waals surface area contributed by atoms with Gasteiger partial charge in [0, 0.05) is 30.5 Å². The van der Waals surface area contributed by atoms with Gasteiger partial charge in [-0.15, -0.1) is 0 Å². The third-order valence-corrected chi connectivity index (χ3v) is 3.62. The number of aryl methyl sites for hydroxylation is 1. The van der Waals surface area contributed by atoms with Gasteiger partial charge in [0.2, 0.25) is 0 Å². The van der Waals surface area contributed by atoms with E-state index in [9.17, 15) is 0 Å². The van der Waals surface area contributed by atoms with E-state index in [1.807, 2.05) is 0 Å². The molecule has 0 aliphatic carbocycles. The summed E-state index contributed by atoms with van der Waals surface area (Å²) in [7, 11) is 1.73. The summed E-state index contributed by atoms with van der Waals surface area (Å²) in [5.74, 6) is 0.991. The van der Waals surface area contributed by atoms with Crippen LogP contribution in [0.3, 0.4) is 0 Å². The van der Waals surface area contributed by atoms with Crippen molar-refractivity contribution >= 4 is 5.69 Å². The van der Waals surface area contributed by atoms with Crippen LogP contribution in [0.1, 0.15) is 30.4 Å². The third-order valence-electron chi connectivity index (χ3n) is 3.62. The standard InChI is InChI=1S/C15H23NO2/c1-11-6-7-14(12(2)15(11)17-3)16-13-5-4-9-18-10-8-13/h6-7,13,16H,4-5,8-10H2,1-3H3. The number of ether oxygens (including phenoxy) is 2. The Morgan fingerprint density at radius 3 is 2.83 bits per heavy atom. The monoisotopic (exact) mass is 249 g/mol. The number of anilines is 1. The number of hydrogen-bond acceptors (Lipinski definition) is 3.